The van der Waals surface area contributed by atoms with Gasteiger partial charge in [-0.2, -0.15) is 0 Å². The average Bonchev–Trinajstić information content (AvgIpc) is 2.45. The molecular weight excluding hydrogens is 252 g/mol. The molecule has 0 heterocycles. The molecule has 0 amide bonds. The van der Waals surface area contributed by atoms with Crippen LogP contribution in [0.15, 0.2) is 54.6 Å². The highest BCUT2D eigenvalue weighted by Gasteiger charge is 2.47. The molecule has 1 fully saturated rings. The average molecular weight is 268 g/mol. The molecule has 1 aliphatic rings. The minimum Gasteiger partial charge on any atom is -0.481 e. The molecule has 2 aromatic rings. The first-order chi connectivity index (χ1) is 9.58. The summed E-state index contributed by atoms with van der Waals surface area (Å²) in [5.41, 5.74) is 2.04. The van der Waals surface area contributed by atoms with E-state index in [1.54, 1.807) is 0 Å². The fourth-order valence-corrected chi connectivity index (χ4v) is 2.77. The maximum atomic E-state index is 10.8. The fraction of sp³-hybridized carbons (Fsp3) is 0.235. The summed E-state index contributed by atoms with van der Waals surface area (Å²) in [6.45, 7) is 0. The highest BCUT2D eigenvalue weighted by molar-refractivity contribution is 5.72. The van der Waals surface area contributed by atoms with Gasteiger partial charge in [0, 0.05) is 0 Å². The van der Waals surface area contributed by atoms with E-state index in [4.69, 9.17) is 5.11 Å². The Balaban J connectivity index is 1.79. The van der Waals surface area contributed by atoms with E-state index in [1.165, 1.54) is 0 Å². The molecule has 1 saturated carbocycles. The second-order valence-electron chi connectivity index (χ2n) is 5.42. The van der Waals surface area contributed by atoms with E-state index in [-0.39, 0.29) is 0 Å². The quantitative estimate of drug-likeness (QED) is 0.899. The van der Waals surface area contributed by atoms with Crippen LogP contribution in [-0.4, -0.2) is 16.2 Å². The lowest BCUT2D eigenvalue weighted by Gasteiger charge is -2.41. The topological polar surface area (TPSA) is 57.5 Å². The Morgan fingerprint density at radius 3 is 2.05 bits per heavy atom. The van der Waals surface area contributed by atoms with Crippen molar-refractivity contribution in [3.63, 3.8) is 0 Å². The zero-order valence-corrected chi connectivity index (χ0v) is 11.0. The van der Waals surface area contributed by atoms with E-state index in [0.717, 1.165) is 16.7 Å². The number of aliphatic hydroxyl groups is 1. The van der Waals surface area contributed by atoms with Crippen LogP contribution >= 0.6 is 0 Å². The fourth-order valence-electron chi connectivity index (χ4n) is 2.77. The van der Waals surface area contributed by atoms with Crippen molar-refractivity contribution < 1.29 is 15.0 Å². The van der Waals surface area contributed by atoms with Crippen molar-refractivity contribution in [1.82, 2.24) is 0 Å². The largest absolute Gasteiger partial charge is 0.481 e. The van der Waals surface area contributed by atoms with Crippen molar-refractivity contribution in [1.29, 1.82) is 0 Å². The number of hydrogen-bond acceptors (Lipinski definition) is 2. The van der Waals surface area contributed by atoms with Gasteiger partial charge < -0.3 is 10.2 Å². The first-order valence-electron chi connectivity index (χ1n) is 6.70. The van der Waals surface area contributed by atoms with Crippen LogP contribution < -0.4 is 0 Å². The van der Waals surface area contributed by atoms with Gasteiger partial charge in [0.25, 0.3) is 0 Å². The molecule has 0 aromatic heterocycles. The Morgan fingerprint density at radius 1 is 0.950 bits per heavy atom. The lowest BCUT2D eigenvalue weighted by atomic mass is 9.67. The standard InChI is InChI=1S/C17H16O3/c18-16(19)14-10-17(20,11-14)15-8-6-13(7-9-15)12-4-2-1-3-5-12/h1-9,14,20H,10-11H2,(H,18,19). The number of aliphatic carboxylic acids is 1. The summed E-state index contributed by atoms with van der Waals surface area (Å²) in [4.78, 5) is 10.8. The molecular formula is C17H16O3. The molecule has 0 atom stereocenters. The van der Waals surface area contributed by atoms with Crippen molar-refractivity contribution in [3.8, 4) is 11.1 Å². The Morgan fingerprint density at radius 2 is 1.50 bits per heavy atom. The van der Waals surface area contributed by atoms with Crippen LogP contribution in [0.2, 0.25) is 0 Å². The molecule has 0 aliphatic heterocycles. The first-order valence-corrected chi connectivity index (χ1v) is 6.70. The SMILES string of the molecule is O=C(O)C1CC(O)(c2ccc(-c3ccccc3)cc2)C1. The first kappa shape index (κ1) is 12.9. The summed E-state index contributed by atoms with van der Waals surface area (Å²) in [6, 6.07) is 17.7. The zero-order chi connectivity index (χ0) is 14.2. The molecule has 1 aliphatic carbocycles. The Labute approximate surface area is 117 Å². The molecule has 2 aromatic carbocycles. The van der Waals surface area contributed by atoms with Crippen LogP contribution in [0, 0.1) is 5.92 Å². The highest BCUT2D eigenvalue weighted by atomic mass is 16.4. The van der Waals surface area contributed by atoms with E-state index in [0.29, 0.717) is 12.8 Å². The molecule has 102 valence electrons. The maximum Gasteiger partial charge on any atom is 0.306 e. The molecule has 3 rings (SSSR count). The number of hydrogen-bond donors (Lipinski definition) is 2. The number of carboxylic acids is 1. The number of carboxylic acid groups (broad SMARTS) is 1. The van der Waals surface area contributed by atoms with Gasteiger partial charge >= 0.3 is 5.97 Å². The third-order valence-electron chi connectivity index (χ3n) is 4.05. The number of carbonyl (C=O) groups is 1. The summed E-state index contributed by atoms with van der Waals surface area (Å²) in [5, 5.41) is 19.3. The maximum absolute atomic E-state index is 10.8. The van der Waals surface area contributed by atoms with Gasteiger partial charge in [0.2, 0.25) is 0 Å². The van der Waals surface area contributed by atoms with Gasteiger partial charge in [-0.25, -0.2) is 0 Å². The Hall–Kier alpha value is -2.13. The minimum absolute atomic E-state index is 0.299. The molecule has 0 saturated heterocycles. The summed E-state index contributed by atoms with van der Waals surface area (Å²) in [5.74, 6) is -1.25. The van der Waals surface area contributed by atoms with E-state index in [1.807, 2.05) is 54.6 Å². The molecule has 2 N–H and O–H groups in total. The summed E-state index contributed by atoms with van der Waals surface area (Å²) >= 11 is 0. The van der Waals surface area contributed by atoms with Crippen molar-refractivity contribution >= 4 is 5.97 Å². The lowest BCUT2D eigenvalue weighted by Crippen LogP contribution is -2.44. The zero-order valence-electron chi connectivity index (χ0n) is 11.0. The van der Waals surface area contributed by atoms with Crippen LogP contribution in [0.4, 0.5) is 0 Å². The summed E-state index contributed by atoms with van der Waals surface area (Å²) < 4.78 is 0. The normalized spacial score (nSPS) is 24.9. The third-order valence-corrected chi connectivity index (χ3v) is 4.05. The number of benzene rings is 2. The molecule has 3 heteroatoms. The Kier molecular flexibility index (Phi) is 3.07. The monoisotopic (exact) mass is 268 g/mol. The minimum atomic E-state index is -0.974. The molecule has 0 spiro atoms. The van der Waals surface area contributed by atoms with E-state index < -0.39 is 17.5 Å². The van der Waals surface area contributed by atoms with Crippen LogP contribution in [0.1, 0.15) is 18.4 Å². The van der Waals surface area contributed by atoms with Gasteiger partial charge in [-0.15, -0.1) is 0 Å². The molecule has 0 unspecified atom stereocenters. The van der Waals surface area contributed by atoms with E-state index in [2.05, 4.69) is 0 Å². The molecule has 0 bridgehead atoms. The van der Waals surface area contributed by atoms with Crippen molar-refractivity contribution in [2.45, 2.75) is 18.4 Å². The van der Waals surface area contributed by atoms with Crippen molar-refractivity contribution in [2.75, 3.05) is 0 Å². The second-order valence-corrected chi connectivity index (χ2v) is 5.42. The molecule has 3 nitrogen and oxygen atoms in total. The highest BCUT2D eigenvalue weighted by Crippen LogP contribution is 2.45. The van der Waals surface area contributed by atoms with Crippen molar-refractivity contribution in [3.05, 3.63) is 60.2 Å². The van der Waals surface area contributed by atoms with Gasteiger partial charge in [-0.05, 0) is 29.5 Å². The third kappa shape index (κ3) is 2.21. The molecule has 20 heavy (non-hydrogen) atoms. The van der Waals surface area contributed by atoms with Crippen LogP contribution in [-0.2, 0) is 10.4 Å². The summed E-state index contributed by atoms with van der Waals surface area (Å²) in [7, 11) is 0. The van der Waals surface area contributed by atoms with Crippen LogP contribution in [0.5, 0.6) is 0 Å². The van der Waals surface area contributed by atoms with Gasteiger partial charge in [0.15, 0.2) is 0 Å². The van der Waals surface area contributed by atoms with E-state index >= 15 is 0 Å². The molecule has 0 radical (unpaired) electrons. The lowest BCUT2D eigenvalue weighted by molar-refractivity contribution is -0.159. The Bertz CT molecular complexity index is 610. The summed E-state index contributed by atoms with van der Waals surface area (Å²) in [6.07, 6.45) is 0.597. The van der Waals surface area contributed by atoms with Crippen molar-refractivity contribution in [2.24, 2.45) is 5.92 Å². The van der Waals surface area contributed by atoms with Gasteiger partial charge in [0.05, 0.1) is 11.5 Å². The van der Waals surface area contributed by atoms with Gasteiger partial charge in [-0.3, -0.25) is 4.79 Å². The van der Waals surface area contributed by atoms with Crippen LogP contribution in [0.25, 0.3) is 11.1 Å². The predicted molar refractivity (Wildman–Crippen MR) is 76.1 cm³/mol. The number of rotatable bonds is 3. The van der Waals surface area contributed by atoms with Gasteiger partial charge in [0.1, 0.15) is 0 Å². The second kappa shape index (κ2) is 4.76. The predicted octanol–water partition coefficient (Wildman–Crippen LogP) is 3.04. The smallest absolute Gasteiger partial charge is 0.306 e. The van der Waals surface area contributed by atoms with Gasteiger partial charge in [-0.1, -0.05) is 54.6 Å². The van der Waals surface area contributed by atoms with Crippen LogP contribution in [0.3, 0.4) is 0 Å². The van der Waals surface area contributed by atoms with E-state index in [9.17, 15) is 9.90 Å².